The summed E-state index contributed by atoms with van der Waals surface area (Å²) >= 11 is 0. The molecule has 0 aliphatic carbocycles. The van der Waals surface area contributed by atoms with E-state index in [9.17, 15) is 8.42 Å². The Morgan fingerprint density at radius 1 is 1.29 bits per heavy atom. The quantitative estimate of drug-likeness (QED) is 0.876. The summed E-state index contributed by atoms with van der Waals surface area (Å²) in [6.45, 7) is 3.68. The van der Waals surface area contributed by atoms with Gasteiger partial charge in [-0.05, 0) is 32.0 Å². The normalized spacial score (nSPS) is 11.4. The lowest BCUT2D eigenvalue weighted by Crippen LogP contribution is -2.09. The van der Waals surface area contributed by atoms with Crippen molar-refractivity contribution >= 4 is 15.5 Å². The molecule has 0 bridgehead atoms. The summed E-state index contributed by atoms with van der Waals surface area (Å²) in [5, 5.41) is 0. The zero-order valence-electron chi connectivity index (χ0n) is 12.3. The maximum atomic E-state index is 12.5. The third kappa shape index (κ3) is 3.16. The highest BCUT2D eigenvalue weighted by molar-refractivity contribution is 7.90. The van der Waals surface area contributed by atoms with E-state index < -0.39 is 9.84 Å². The molecule has 2 rings (SSSR count). The number of methoxy groups -OCH3 is 1. The standard InChI is InChI=1S/C15H18N2O3S/c1-10-8-17-14(11(2)15(10)20-3)9-21(18,19)13-6-4-5-12(16)7-13/h4-8H,9,16H2,1-3H3. The molecule has 21 heavy (non-hydrogen) atoms. The van der Waals surface area contributed by atoms with Crippen LogP contribution in [0.4, 0.5) is 5.69 Å². The Kier molecular flexibility index (Phi) is 4.18. The smallest absolute Gasteiger partial charge is 0.184 e. The first kappa shape index (κ1) is 15.3. The van der Waals surface area contributed by atoms with Gasteiger partial charge >= 0.3 is 0 Å². The van der Waals surface area contributed by atoms with Crippen LogP contribution in [-0.2, 0) is 15.6 Å². The molecule has 0 saturated heterocycles. The second-order valence-corrected chi connectivity index (χ2v) is 6.87. The highest BCUT2D eigenvalue weighted by Crippen LogP contribution is 2.26. The third-order valence-corrected chi connectivity index (χ3v) is 4.92. The topological polar surface area (TPSA) is 82.3 Å². The Morgan fingerprint density at radius 2 is 2.00 bits per heavy atom. The average molecular weight is 306 g/mol. The van der Waals surface area contributed by atoms with Crippen molar-refractivity contribution in [1.29, 1.82) is 0 Å². The first-order valence-electron chi connectivity index (χ1n) is 6.42. The number of nitrogens with zero attached hydrogens (tertiary/aromatic N) is 1. The van der Waals surface area contributed by atoms with Gasteiger partial charge in [-0.25, -0.2) is 8.42 Å². The van der Waals surface area contributed by atoms with Crippen LogP contribution >= 0.6 is 0 Å². The van der Waals surface area contributed by atoms with Crippen molar-refractivity contribution in [1.82, 2.24) is 4.98 Å². The number of aromatic nitrogens is 1. The van der Waals surface area contributed by atoms with Gasteiger partial charge in [0.1, 0.15) is 5.75 Å². The summed E-state index contributed by atoms with van der Waals surface area (Å²) in [6, 6.07) is 6.26. The number of aryl methyl sites for hydroxylation is 1. The first-order valence-corrected chi connectivity index (χ1v) is 8.07. The lowest BCUT2D eigenvalue weighted by molar-refractivity contribution is 0.407. The minimum atomic E-state index is -3.49. The van der Waals surface area contributed by atoms with Gasteiger partial charge in [-0.2, -0.15) is 0 Å². The lowest BCUT2D eigenvalue weighted by Gasteiger charge is -2.12. The number of rotatable bonds is 4. The van der Waals surface area contributed by atoms with Crippen molar-refractivity contribution in [2.24, 2.45) is 0 Å². The van der Waals surface area contributed by atoms with Crippen LogP contribution in [0, 0.1) is 13.8 Å². The lowest BCUT2D eigenvalue weighted by atomic mass is 10.1. The van der Waals surface area contributed by atoms with Gasteiger partial charge in [-0.15, -0.1) is 0 Å². The van der Waals surface area contributed by atoms with Gasteiger partial charge in [0, 0.05) is 23.0 Å². The fourth-order valence-electron chi connectivity index (χ4n) is 2.19. The van der Waals surface area contributed by atoms with Gasteiger partial charge in [0.2, 0.25) is 0 Å². The van der Waals surface area contributed by atoms with Crippen LogP contribution in [-0.4, -0.2) is 20.5 Å². The molecule has 0 radical (unpaired) electrons. The van der Waals surface area contributed by atoms with E-state index >= 15 is 0 Å². The maximum Gasteiger partial charge on any atom is 0.184 e. The second kappa shape index (κ2) is 5.73. The van der Waals surface area contributed by atoms with Gasteiger partial charge in [-0.3, -0.25) is 4.98 Å². The molecule has 2 aromatic rings. The van der Waals surface area contributed by atoms with Gasteiger partial charge in [0.25, 0.3) is 0 Å². The monoisotopic (exact) mass is 306 g/mol. The zero-order chi connectivity index (χ0) is 15.6. The summed E-state index contributed by atoms with van der Waals surface area (Å²) in [6.07, 6.45) is 1.62. The van der Waals surface area contributed by atoms with Gasteiger partial charge < -0.3 is 10.5 Å². The molecule has 0 unspecified atom stereocenters. The largest absolute Gasteiger partial charge is 0.496 e. The molecular formula is C15H18N2O3S. The van der Waals surface area contributed by atoms with E-state index in [-0.39, 0.29) is 10.6 Å². The number of anilines is 1. The second-order valence-electron chi connectivity index (χ2n) is 4.88. The van der Waals surface area contributed by atoms with Crippen molar-refractivity contribution in [2.45, 2.75) is 24.5 Å². The molecule has 1 heterocycles. The molecule has 2 N–H and O–H groups in total. The third-order valence-electron chi connectivity index (χ3n) is 3.29. The Balaban J connectivity index is 2.42. The molecule has 6 heteroatoms. The highest BCUT2D eigenvalue weighted by Gasteiger charge is 2.19. The molecule has 0 spiro atoms. The molecule has 112 valence electrons. The van der Waals surface area contributed by atoms with Gasteiger partial charge in [-0.1, -0.05) is 6.07 Å². The van der Waals surface area contributed by atoms with Gasteiger partial charge in [0.15, 0.2) is 9.84 Å². The van der Waals surface area contributed by atoms with E-state index in [0.717, 1.165) is 11.1 Å². The summed E-state index contributed by atoms with van der Waals surface area (Å²) in [7, 11) is -1.93. The van der Waals surface area contributed by atoms with Crippen LogP contribution in [0.3, 0.4) is 0 Å². The van der Waals surface area contributed by atoms with E-state index in [1.54, 1.807) is 25.4 Å². The highest BCUT2D eigenvalue weighted by atomic mass is 32.2. The van der Waals surface area contributed by atoms with Crippen molar-refractivity contribution in [2.75, 3.05) is 12.8 Å². The Morgan fingerprint density at radius 3 is 2.62 bits per heavy atom. The molecule has 0 fully saturated rings. The van der Waals surface area contributed by atoms with Crippen molar-refractivity contribution < 1.29 is 13.2 Å². The Bertz CT molecular complexity index is 770. The number of nitrogens with two attached hydrogens (primary N) is 1. The fraction of sp³-hybridized carbons (Fsp3) is 0.267. The van der Waals surface area contributed by atoms with Crippen LogP contribution in [0.15, 0.2) is 35.4 Å². The van der Waals surface area contributed by atoms with Crippen LogP contribution in [0.5, 0.6) is 5.75 Å². The number of pyridine rings is 1. The molecule has 0 aliphatic heterocycles. The Labute approximate surface area is 124 Å². The number of hydrogen-bond donors (Lipinski definition) is 1. The molecule has 0 aliphatic rings. The van der Waals surface area contributed by atoms with Crippen LogP contribution in [0.2, 0.25) is 0 Å². The molecule has 1 aromatic carbocycles. The maximum absolute atomic E-state index is 12.5. The summed E-state index contributed by atoms with van der Waals surface area (Å²) in [5.74, 6) is 0.488. The average Bonchev–Trinajstić information content (AvgIpc) is 2.43. The first-order chi connectivity index (χ1) is 9.85. The Hall–Kier alpha value is -2.08. The number of ether oxygens (including phenoxy) is 1. The minimum Gasteiger partial charge on any atom is -0.496 e. The molecular weight excluding hydrogens is 288 g/mol. The number of hydrogen-bond acceptors (Lipinski definition) is 5. The van der Waals surface area contributed by atoms with E-state index in [0.29, 0.717) is 17.1 Å². The number of nitrogen functional groups attached to an aromatic ring is 1. The minimum absolute atomic E-state index is 0.182. The SMILES string of the molecule is COc1c(C)cnc(CS(=O)(=O)c2cccc(N)c2)c1C. The molecule has 5 nitrogen and oxygen atoms in total. The van der Waals surface area contributed by atoms with Crippen molar-refractivity contribution in [3.63, 3.8) is 0 Å². The van der Waals surface area contributed by atoms with Crippen LogP contribution < -0.4 is 10.5 Å². The molecule has 0 amide bonds. The number of sulfone groups is 1. The molecule has 1 aromatic heterocycles. The van der Waals surface area contributed by atoms with E-state index in [1.165, 1.54) is 12.1 Å². The fourth-order valence-corrected chi connectivity index (χ4v) is 3.61. The summed E-state index contributed by atoms with van der Waals surface area (Å²) in [5.41, 5.74) is 8.16. The zero-order valence-corrected chi connectivity index (χ0v) is 13.1. The van der Waals surface area contributed by atoms with Gasteiger partial charge in [0.05, 0.1) is 23.5 Å². The molecule has 0 atom stereocenters. The molecule has 0 saturated carbocycles. The number of benzene rings is 1. The van der Waals surface area contributed by atoms with E-state index in [1.807, 2.05) is 13.8 Å². The van der Waals surface area contributed by atoms with E-state index in [4.69, 9.17) is 10.5 Å². The summed E-state index contributed by atoms with van der Waals surface area (Å²) < 4.78 is 30.2. The summed E-state index contributed by atoms with van der Waals surface area (Å²) in [4.78, 5) is 4.43. The predicted octanol–water partition coefficient (Wildman–Crippen LogP) is 2.26. The predicted molar refractivity (Wildman–Crippen MR) is 82.0 cm³/mol. The van der Waals surface area contributed by atoms with Crippen LogP contribution in [0.25, 0.3) is 0 Å². The van der Waals surface area contributed by atoms with Crippen molar-refractivity contribution in [3.05, 3.63) is 47.3 Å². The van der Waals surface area contributed by atoms with Crippen LogP contribution in [0.1, 0.15) is 16.8 Å². The van der Waals surface area contributed by atoms with Crippen molar-refractivity contribution in [3.8, 4) is 5.75 Å². The van der Waals surface area contributed by atoms with E-state index in [2.05, 4.69) is 4.98 Å².